The highest BCUT2D eigenvalue weighted by molar-refractivity contribution is 6.46. The van der Waals surface area contributed by atoms with Gasteiger partial charge >= 0.3 is 9.28 Å². The molecule has 1 aliphatic rings. The van der Waals surface area contributed by atoms with Crippen molar-refractivity contribution in [3.05, 3.63) is 0 Å². The minimum Gasteiger partial charge on any atom is -0.400 e. The quantitative estimate of drug-likeness (QED) is 0.655. The molecule has 1 rings (SSSR count). The molecule has 1 fully saturated rings. The number of rotatable bonds is 3. The van der Waals surface area contributed by atoms with Crippen molar-refractivity contribution in [3.8, 4) is 0 Å². The molecule has 0 saturated heterocycles. The Morgan fingerprint density at radius 3 is 2.23 bits per heavy atom. The van der Waals surface area contributed by atoms with Gasteiger partial charge in [0.15, 0.2) is 0 Å². The summed E-state index contributed by atoms with van der Waals surface area (Å²) < 4.78 is 11.0. The number of hydrogen-bond acceptors (Lipinski definition) is 2. The van der Waals surface area contributed by atoms with Crippen molar-refractivity contribution in [2.24, 2.45) is 5.41 Å². The van der Waals surface area contributed by atoms with Crippen LogP contribution in [-0.2, 0) is 8.85 Å². The highest BCUT2D eigenvalue weighted by Gasteiger charge is 2.39. The lowest BCUT2D eigenvalue weighted by molar-refractivity contribution is 0.177. The molecule has 78 valence electrons. The summed E-state index contributed by atoms with van der Waals surface area (Å²) in [5.41, 5.74) is 1.12. The van der Waals surface area contributed by atoms with E-state index in [1.807, 2.05) is 0 Å². The van der Waals surface area contributed by atoms with E-state index >= 15 is 0 Å². The minimum atomic E-state index is -1.40. The van der Waals surface area contributed by atoms with Gasteiger partial charge in [0, 0.05) is 19.8 Å². The Balaban J connectivity index is 2.63. The predicted octanol–water partition coefficient (Wildman–Crippen LogP) is 2.47. The van der Waals surface area contributed by atoms with Gasteiger partial charge in [0.1, 0.15) is 0 Å². The maximum Gasteiger partial charge on any atom is 0.324 e. The lowest BCUT2D eigenvalue weighted by Crippen LogP contribution is -2.37. The van der Waals surface area contributed by atoms with Gasteiger partial charge in [-0.1, -0.05) is 26.7 Å². The third kappa shape index (κ3) is 2.54. The fraction of sp³-hybridized carbons (Fsp3) is 1.00. The summed E-state index contributed by atoms with van der Waals surface area (Å²) in [7, 11) is 2.19. The van der Waals surface area contributed by atoms with Crippen LogP contribution in [0.25, 0.3) is 0 Å². The van der Waals surface area contributed by atoms with Gasteiger partial charge in [0.2, 0.25) is 0 Å². The van der Waals surface area contributed by atoms with Gasteiger partial charge < -0.3 is 8.85 Å². The molecule has 3 heteroatoms. The molecule has 0 heterocycles. The molecule has 1 unspecified atom stereocenters. The first-order chi connectivity index (χ1) is 6.11. The van der Waals surface area contributed by atoms with Crippen molar-refractivity contribution in [1.82, 2.24) is 0 Å². The van der Waals surface area contributed by atoms with Crippen molar-refractivity contribution in [1.29, 1.82) is 0 Å². The van der Waals surface area contributed by atoms with E-state index in [0.29, 0.717) is 11.0 Å². The largest absolute Gasteiger partial charge is 0.400 e. The van der Waals surface area contributed by atoms with E-state index in [-0.39, 0.29) is 0 Å². The van der Waals surface area contributed by atoms with Gasteiger partial charge in [-0.2, -0.15) is 0 Å². The van der Waals surface area contributed by atoms with Gasteiger partial charge in [-0.15, -0.1) is 0 Å². The van der Waals surface area contributed by atoms with Crippen LogP contribution >= 0.6 is 0 Å². The molecule has 0 N–H and O–H groups in total. The van der Waals surface area contributed by atoms with Crippen molar-refractivity contribution in [2.75, 3.05) is 14.2 Å². The molecule has 1 saturated carbocycles. The normalized spacial score (nSPS) is 27.9. The lowest BCUT2D eigenvalue weighted by atomic mass is 9.77. The zero-order valence-electron chi connectivity index (χ0n) is 9.30. The fourth-order valence-corrected chi connectivity index (χ4v) is 4.71. The Morgan fingerprint density at radius 2 is 1.77 bits per heavy atom. The molecular formula is C10H22O2Si. The summed E-state index contributed by atoms with van der Waals surface area (Å²) in [5.74, 6) is 0. The van der Waals surface area contributed by atoms with Crippen LogP contribution < -0.4 is 0 Å². The molecule has 0 aliphatic heterocycles. The zero-order valence-corrected chi connectivity index (χ0v) is 10.5. The first-order valence-corrected chi connectivity index (χ1v) is 6.78. The van der Waals surface area contributed by atoms with Gasteiger partial charge in [0.05, 0.1) is 0 Å². The highest BCUT2D eigenvalue weighted by Crippen LogP contribution is 2.46. The van der Waals surface area contributed by atoms with E-state index in [2.05, 4.69) is 13.8 Å². The number of hydrogen-bond donors (Lipinski definition) is 0. The van der Waals surface area contributed by atoms with Crippen LogP contribution in [0.5, 0.6) is 0 Å². The third-order valence-corrected chi connectivity index (χ3v) is 6.21. The molecule has 0 spiro atoms. The summed E-state index contributed by atoms with van der Waals surface area (Å²) in [4.78, 5) is 0. The third-order valence-electron chi connectivity index (χ3n) is 3.38. The molecule has 1 aliphatic carbocycles. The average molecular weight is 202 g/mol. The Labute approximate surface area is 83.5 Å². The van der Waals surface area contributed by atoms with Gasteiger partial charge in [-0.3, -0.25) is 0 Å². The molecular weight excluding hydrogens is 180 g/mol. The van der Waals surface area contributed by atoms with Crippen LogP contribution in [0.15, 0.2) is 0 Å². The molecule has 0 amide bonds. The van der Waals surface area contributed by atoms with Crippen LogP contribution in [0.1, 0.15) is 39.5 Å². The first kappa shape index (κ1) is 11.2. The molecule has 13 heavy (non-hydrogen) atoms. The van der Waals surface area contributed by atoms with Crippen molar-refractivity contribution in [2.45, 2.75) is 45.1 Å². The van der Waals surface area contributed by atoms with Gasteiger partial charge in [-0.05, 0) is 18.3 Å². The summed E-state index contributed by atoms with van der Waals surface area (Å²) in [6.45, 7) is 4.71. The fourth-order valence-electron chi connectivity index (χ4n) is 2.45. The van der Waals surface area contributed by atoms with E-state index in [9.17, 15) is 0 Å². The van der Waals surface area contributed by atoms with Gasteiger partial charge in [-0.25, -0.2) is 0 Å². The summed E-state index contributed by atoms with van der Waals surface area (Å²) in [6, 6.07) is 0. The second-order valence-corrected chi connectivity index (χ2v) is 7.16. The van der Waals surface area contributed by atoms with E-state index in [4.69, 9.17) is 8.85 Å². The summed E-state index contributed by atoms with van der Waals surface area (Å²) in [5, 5.41) is 0. The maximum absolute atomic E-state index is 5.49. The second-order valence-electron chi connectivity index (χ2n) is 4.68. The molecule has 1 atom stereocenters. The van der Waals surface area contributed by atoms with Crippen molar-refractivity contribution >= 4 is 9.28 Å². The average Bonchev–Trinajstić information content (AvgIpc) is 2.09. The second kappa shape index (κ2) is 4.58. The van der Waals surface area contributed by atoms with Crippen LogP contribution in [0, 0.1) is 5.41 Å². The zero-order chi connectivity index (χ0) is 9.90. The standard InChI is InChI=1S/C10H22O2Si/c1-10(2)8-6-5-7-9(10)13(11-3)12-4/h9,13H,5-8H2,1-4H3. The monoisotopic (exact) mass is 202 g/mol. The maximum atomic E-state index is 5.49. The molecule has 0 radical (unpaired) electrons. The Morgan fingerprint density at radius 1 is 1.15 bits per heavy atom. The molecule has 0 aromatic rings. The van der Waals surface area contributed by atoms with E-state index in [1.165, 1.54) is 25.7 Å². The van der Waals surface area contributed by atoms with E-state index in [1.54, 1.807) is 14.2 Å². The summed E-state index contributed by atoms with van der Waals surface area (Å²) in [6.07, 6.45) is 5.35. The molecule has 0 bridgehead atoms. The van der Waals surface area contributed by atoms with Crippen LogP contribution in [0.4, 0.5) is 0 Å². The van der Waals surface area contributed by atoms with Crippen LogP contribution in [-0.4, -0.2) is 23.5 Å². The van der Waals surface area contributed by atoms with Crippen LogP contribution in [0.2, 0.25) is 5.54 Å². The Bertz CT molecular complexity index is 155. The first-order valence-electron chi connectivity index (χ1n) is 5.17. The predicted molar refractivity (Wildman–Crippen MR) is 57.2 cm³/mol. The Hall–Kier alpha value is 0.137. The molecule has 0 aromatic carbocycles. The SMILES string of the molecule is CO[SiH](OC)C1CCCCC1(C)C. The van der Waals surface area contributed by atoms with E-state index in [0.717, 1.165) is 0 Å². The van der Waals surface area contributed by atoms with Crippen molar-refractivity contribution < 1.29 is 8.85 Å². The molecule has 0 aromatic heterocycles. The minimum absolute atomic E-state index is 0.432. The van der Waals surface area contributed by atoms with Crippen LogP contribution in [0.3, 0.4) is 0 Å². The van der Waals surface area contributed by atoms with Gasteiger partial charge in [0.25, 0.3) is 0 Å². The lowest BCUT2D eigenvalue weighted by Gasteiger charge is -2.40. The van der Waals surface area contributed by atoms with Crippen molar-refractivity contribution in [3.63, 3.8) is 0 Å². The van der Waals surface area contributed by atoms with E-state index < -0.39 is 9.28 Å². The smallest absolute Gasteiger partial charge is 0.324 e. The highest BCUT2D eigenvalue weighted by atomic mass is 28.3. The Kier molecular flexibility index (Phi) is 3.95. The topological polar surface area (TPSA) is 18.5 Å². The molecule has 2 nitrogen and oxygen atoms in total. The summed E-state index contributed by atoms with van der Waals surface area (Å²) >= 11 is 0.